The van der Waals surface area contributed by atoms with Crippen LogP contribution in [0.25, 0.3) is 12.2 Å². The molecule has 0 saturated carbocycles. The van der Waals surface area contributed by atoms with Gasteiger partial charge in [-0.3, -0.25) is 19.7 Å². The van der Waals surface area contributed by atoms with Crippen molar-refractivity contribution in [3.63, 3.8) is 0 Å². The molecular weight excluding hydrogens is 426 g/mol. The van der Waals surface area contributed by atoms with Gasteiger partial charge in [0.2, 0.25) is 6.54 Å². The molecular formula is C29H27NO4. The first-order valence-electron chi connectivity index (χ1n) is 11.1. The number of nitrogens with zero attached hydrogens (tertiary/aromatic N) is 1. The van der Waals surface area contributed by atoms with Crippen LogP contribution in [0.4, 0.5) is 0 Å². The molecule has 172 valence electrons. The lowest BCUT2D eigenvalue weighted by Crippen LogP contribution is -2.32. The fourth-order valence-corrected chi connectivity index (χ4v) is 3.72. The standard InChI is InChI=1S/C29H27NO4/c1-21-8-12-23(13-9-21)16-18-27(31)29(26(20-30(33)34)25-6-4-3-5-7-25)28(32)19-17-24-14-10-22(2)11-15-24/h3-19,26,29H,20H2,1-2H3/b18-16+,19-17+/t26-/m1/s1. The molecule has 0 bridgehead atoms. The van der Waals surface area contributed by atoms with Gasteiger partial charge in [-0.25, -0.2) is 0 Å². The predicted molar refractivity (Wildman–Crippen MR) is 135 cm³/mol. The summed E-state index contributed by atoms with van der Waals surface area (Å²) < 4.78 is 0. The zero-order valence-electron chi connectivity index (χ0n) is 19.3. The minimum atomic E-state index is -1.21. The van der Waals surface area contributed by atoms with Gasteiger partial charge in [0.1, 0.15) is 0 Å². The van der Waals surface area contributed by atoms with Crippen molar-refractivity contribution in [3.05, 3.63) is 129 Å². The molecule has 3 rings (SSSR count). The normalized spacial score (nSPS) is 12.3. The summed E-state index contributed by atoms with van der Waals surface area (Å²) in [5.74, 6) is -3.03. The quantitative estimate of drug-likeness (QED) is 0.167. The van der Waals surface area contributed by atoms with E-state index in [4.69, 9.17) is 0 Å². The Balaban J connectivity index is 1.96. The monoisotopic (exact) mass is 453 g/mol. The largest absolute Gasteiger partial charge is 0.294 e. The molecule has 1 atom stereocenters. The summed E-state index contributed by atoms with van der Waals surface area (Å²) in [5.41, 5.74) is 4.39. The summed E-state index contributed by atoms with van der Waals surface area (Å²) in [4.78, 5) is 37.7. The Bertz CT molecular complexity index is 1130. The Hall–Kier alpha value is -4.12. The number of aryl methyl sites for hydroxylation is 2. The van der Waals surface area contributed by atoms with Gasteiger partial charge < -0.3 is 0 Å². The van der Waals surface area contributed by atoms with E-state index in [0.717, 1.165) is 22.3 Å². The number of carbonyl (C=O) groups excluding carboxylic acids is 2. The molecule has 0 unspecified atom stereocenters. The molecule has 34 heavy (non-hydrogen) atoms. The van der Waals surface area contributed by atoms with E-state index in [1.165, 1.54) is 12.2 Å². The Morgan fingerprint density at radius 1 is 0.765 bits per heavy atom. The molecule has 3 aromatic carbocycles. The second-order valence-corrected chi connectivity index (χ2v) is 8.30. The number of benzene rings is 3. The zero-order valence-corrected chi connectivity index (χ0v) is 19.3. The molecule has 5 nitrogen and oxygen atoms in total. The molecule has 0 heterocycles. The fourth-order valence-electron chi connectivity index (χ4n) is 3.72. The van der Waals surface area contributed by atoms with Crippen molar-refractivity contribution in [1.82, 2.24) is 0 Å². The van der Waals surface area contributed by atoms with Crippen molar-refractivity contribution in [2.75, 3.05) is 6.54 Å². The zero-order chi connectivity index (χ0) is 24.5. The molecule has 0 N–H and O–H groups in total. The van der Waals surface area contributed by atoms with E-state index in [1.807, 2.05) is 62.4 Å². The van der Waals surface area contributed by atoms with Crippen LogP contribution >= 0.6 is 0 Å². The molecule has 0 amide bonds. The summed E-state index contributed by atoms with van der Waals surface area (Å²) in [6.45, 7) is 3.41. The Morgan fingerprint density at radius 3 is 1.62 bits per heavy atom. The van der Waals surface area contributed by atoms with Crippen LogP contribution in [0.3, 0.4) is 0 Å². The van der Waals surface area contributed by atoms with Crippen molar-refractivity contribution in [2.24, 2.45) is 5.92 Å². The molecule has 0 fully saturated rings. The molecule has 0 aliphatic carbocycles. The number of allylic oxidation sites excluding steroid dienone is 2. The van der Waals surface area contributed by atoms with E-state index >= 15 is 0 Å². The van der Waals surface area contributed by atoms with Crippen molar-refractivity contribution < 1.29 is 14.5 Å². The first kappa shape index (κ1) is 24.5. The van der Waals surface area contributed by atoms with Crippen molar-refractivity contribution in [2.45, 2.75) is 19.8 Å². The highest BCUT2D eigenvalue weighted by Gasteiger charge is 2.36. The van der Waals surface area contributed by atoms with E-state index in [-0.39, 0.29) is 0 Å². The average molecular weight is 454 g/mol. The SMILES string of the molecule is Cc1ccc(/C=C/C(=O)C(C(=O)/C=C/c2ccc(C)cc2)[C@H](C[N+](=O)[O-])c2ccccc2)cc1. The third-order valence-electron chi connectivity index (χ3n) is 5.62. The van der Waals surface area contributed by atoms with E-state index in [2.05, 4.69) is 0 Å². The molecule has 3 aromatic rings. The number of carbonyl (C=O) groups is 2. The fraction of sp³-hybridized carbons (Fsp3) is 0.172. The number of hydrogen-bond donors (Lipinski definition) is 0. The lowest BCUT2D eigenvalue weighted by atomic mass is 9.80. The van der Waals surface area contributed by atoms with Gasteiger partial charge in [-0.2, -0.15) is 0 Å². The smallest absolute Gasteiger partial charge is 0.211 e. The lowest BCUT2D eigenvalue weighted by molar-refractivity contribution is -0.484. The Kier molecular flexibility index (Phi) is 8.41. The maximum absolute atomic E-state index is 13.3. The van der Waals surface area contributed by atoms with Crippen LogP contribution < -0.4 is 0 Å². The van der Waals surface area contributed by atoms with Crippen LogP contribution in [0.15, 0.2) is 91.0 Å². The maximum Gasteiger partial charge on any atom is 0.211 e. The van der Waals surface area contributed by atoms with Crippen LogP contribution in [0.5, 0.6) is 0 Å². The molecule has 0 aliphatic rings. The highest BCUT2D eigenvalue weighted by molar-refractivity contribution is 6.14. The van der Waals surface area contributed by atoms with Gasteiger partial charge in [-0.15, -0.1) is 0 Å². The first-order chi connectivity index (χ1) is 16.3. The summed E-state index contributed by atoms with van der Waals surface area (Å²) >= 11 is 0. The van der Waals surface area contributed by atoms with E-state index in [1.54, 1.807) is 42.5 Å². The van der Waals surface area contributed by atoms with Crippen LogP contribution in [-0.2, 0) is 9.59 Å². The van der Waals surface area contributed by atoms with Crippen LogP contribution in [0.2, 0.25) is 0 Å². The highest BCUT2D eigenvalue weighted by atomic mass is 16.6. The summed E-state index contributed by atoms with van der Waals surface area (Å²) in [7, 11) is 0. The average Bonchev–Trinajstić information content (AvgIpc) is 2.83. The van der Waals surface area contributed by atoms with Crippen LogP contribution in [0, 0.1) is 29.9 Å². The Morgan fingerprint density at radius 2 is 1.21 bits per heavy atom. The van der Waals surface area contributed by atoms with Crippen molar-refractivity contribution in [3.8, 4) is 0 Å². The second kappa shape index (κ2) is 11.7. The van der Waals surface area contributed by atoms with Crippen LogP contribution in [-0.4, -0.2) is 23.0 Å². The highest BCUT2D eigenvalue weighted by Crippen LogP contribution is 2.28. The third-order valence-corrected chi connectivity index (χ3v) is 5.62. The van der Waals surface area contributed by atoms with Gasteiger partial charge in [-0.1, -0.05) is 102 Å². The molecule has 0 aliphatic heterocycles. The van der Waals surface area contributed by atoms with Gasteiger partial charge in [0, 0.05) is 4.92 Å². The lowest BCUT2D eigenvalue weighted by Gasteiger charge is -2.20. The first-order valence-corrected chi connectivity index (χ1v) is 11.1. The molecule has 0 saturated heterocycles. The van der Waals surface area contributed by atoms with Gasteiger partial charge >= 0.3 is 0 Å². The number of ketones is 2. The van der Waals surface area contributed by atoms with Gasteiger partial charge in [0.15, 0.2) is 11.6 Å². The molecule has 0 spiro atoms. The van der Waals surface area contributed by atoms with Crippen molar-refractivity contribution >= 4 is 23.7 Å². The molecule has 5 heteroatoms. The Labute approximate surface area is 199 Å². The molecule has 0 aromatic heterocycles. The topological polar surface area (TPSA) is 77.3 Å². The summed E-state index contributed by atoms with van der Waals surface area (Å²) in [6, 6.07) is 23.9. The third kappa shape index (κ3) is 6.94. The molecule has 0 radical (unpaired) electrons. The van der Waals surface area contributed by atoms with E-state index in [9.17, 15) is 19.7 Å². The van der Waals surface area contributed by atoms with Gasteiger partial charge in [0.25, 0.3) is 0 Å². The predicted octanol–water partition coefficient (Wildman–Crippen LogP) is 5.84. The van der Waals surface area contributed by atoms with Gasteiger partial charge in [0.05, 0.1) is 11.8 Å². The number of nitro groups is 1. The summed E-state index contributed by atoms with van der Waals surface area (Å²) in [6.07, 6.45) is 5.98. The second-order valence-electron chi connectivity index (χ2n) is 8.30. The van der Waals surface area contributed by atoms with Crippen molar-refractivity contribution in [1.29, 1.82) is 0 Å². The van der Waals surface area contributed by atoms with E-state index in [0.29, 0.717) is 5.56 Å². The number of rotatable bonds is 10. The van der Waals surface area contributed by atoms with E-state index < -0.39 is 34.9 Å². The van der Waals surface area contributed by atoms with Crippen LogP contribution in [0.1, 0.15) is 33.7 Å². The minimum absolute atomic E-state index is 0.463. The van der Waals surface area contributed by atoms with Gasteiger partial charge in [-0.05, 0) is 42.7 Å². The number of hydrogen-bond acceptors (Lipinski definition) is 4. The minimum Gasteiger partial charge on any atom is -0.294 e. The maximum atomic E-state index is 13.3. The summed E-state index contributed by atoms with van der Waals surface area (Å²) in [5, 5.41) is 11.5.